The van der Waals surface area contributed by atoms with E-state index < -0.39 is 31.8 Å². The number of pyridine rings is 1. The fraction of sp³-hybridized carbons (Fsp3) is 0.364. The van der Waals surface area contributed by atoms with E-state index in [9.17, 15) is 31.2 Å². The van der Waals surface area contributed by atoms with Gasteiger partial charge in [-0.1, -0.05) is 12.8 Å². The monoisotopic (exact) mass is 544 g/mol. The molecule has 1 aromatic carbocycles. The van der Waals surface area contributed by atoms with Gasteiger partial charge in [-0.2, -0.15) is 23.2 Å². The smallest absolute Gasteiger partial charge is 0.335 e. The van der Waals surface area contributed by atoms with E-state index >= 15 is 0 Å². The molecule has 13 heteroatoms. The number of sulfonamides is 1. The molecule has 1 aliphatic carbocycles. The van der Waals surface area contributed by atoms with E-state index in [0.29, 0.717) is 23.0 Å². The van der Waals surface area contributed by atoms with Crippen LogP contribution < -0.4 is 4.72 Å². The SMILES string of the molecule is CC(S)(NS(=O)(=O)c1ccc(-c2c(C#N)c3c(F)cc(S)cc3n2C2CCCC2)nc1)C(F)(F)F. The van der Waals surface area contributed by atoms with Crippen LogP contribution >= 0.6 is 25.3 Å². The molecule has 0 amide bonds. The lowest BCUT2D eigenvalue weighted by Crippen LogP contribution is -2.52. The molecule has 186 valence electrons. The van der Waals surface area contributed by atoms with Crippen LogP contribution in [0.4, 0.5) is 17.6 Å². The quantitative estimate of drug-likeness (QED) is 0.222. The van der Waals surface area contributed by atoms with Crippen LogP contribution in [-0.4, -0.2) is 29.0 Å². The predicted octanol–water partition coefficient (Wildman–Crippen LogP) is 5.60. The Morgan fingerprint density at radius 3 is 2.43 bits per heavy atom. The van der Waals surface area contributed by atoms with Gasteiger partial charge in [0.1, 0.15) is 16.8 Å². The molecule has 0 radical (unpaired) electrons. The molecule has 1 fully saturated rings. The zero-order chi connectivity index (χ0) is 25.8. The molecule has 0 spiro atoms. The van der Waals surface area contributed by atoms with E-state index in [-0.39, 0.29) is 22.7 Å². The summed E-state index contributed by atoms with van der Waals surface area (Å²) in [6.07, 6.45) is -0.547. The van der Waals surface area contributed by atoms with Gasteiger partial charge in [-0.3, -0.25) is 4.98 Å². The second-order valence-corrected chi connectivity index (χ2v) is 11.6. The van der Waals surface area contributed by atoms with Crippen molar-refractivity contribution in [3.63, 3.8) is 0 Å². The molecule has 35 heavy (non-hydrogen) atoms. The van der Waals surface area contributed by atoms with Crippen molar-refractivity contribution in [1.82, 2.24) is 14.3 Å². The number of aromatic nitrogens is 2. The molecule has 4 rings (SSSR count). The van der Waals surface area contributed by atoms with E-state index in [1.165, 1.54) is 16.9 Å². The van der Waals surface area contributed by atoms with E-state index in [0.717, 1.165) is 37.9 Å². The lowest BCUT2D eigenvalue weighted by Gasteiger charge is -2.27. The average molecular weight is 545 g/mol. The number of thiol groups is 2. The number of nitrogens with one attached hydrogen (secondary N) is 1. The van der Waals surface area contributed by atoms with Gasteiger partial charge >= 0.3 is 6.18 Å². The van der Waals surface area contributed by atoms with E-state index in [4.69, 9.17) is 0 Å². The number of benzene rings is 1. The van der Waals surface area contributed by atoms with Crippen LogP contribution in [0.1, 0.15) is 44.2 Å². The molecule has 1 saturated carbocycles. The van der Waals surface area contributed by atoms with Crippen LogP contribution in [0.3, 0.4) is 0 Å². The molecule has 6 nitrogen and oxygen atoms in total. The van der Waals surface area contributed by atoms with Crippen LogP contribution in [0.15, 0.2) is 40.3 Å². The second kappa shape index (κ2) is 8.99. The van der Waals surface area contributed by atoms with Crippen molar-refractivity contribution in [2.24, 2.45) is 0 Å². The van der Waals surface area contributed by atoms with E-state index in [2.05, 4.69) is 30.2 Å². The first-order valence-corrected chi connectivity index (χ1v) is 12.9. The normalized spacial score (nSPS) is 17.0. The summed E-state index contributed by atoms with van der Waals surface area (Å²) in [5.41, 5.74) is 1.02. The molecule has 1 N–H and O–H groups in total. The topological polar surface area (TPSA) is 87.8 Å². The fourth-order valence-electron chi connectivity index (χ4n) is 4.33. The van der Waals surface area contributed by atoms with Crippen molar-refractivity contribution in [1.29, 1.82) is 5.26 Å². The molecule has 1 atom stereocenters. The number of hydrogen-bond acceptors (Lipinski definition) is 6. The van der Waals surface area contributed by atoms with Crippen molar-refractivity contribution < 1.29 is 26.0 Å². The van der Waals surface area contributed by atoms with Crippen molar-refractivity contribution in [3.05, 3.63) is 41.8 Å². The summed E-state index contributed by atoms with van der Waals surface area (Å²) in [6, 6.07) is 7.26. The van der Waals surface area contributed by atoms with Gasteiger partial charge in [0.2, 0.25) is 10.0 Å². The van der Waals surface area contributed by atoms with E-state index in [1.54, 1.807) is 6.07 Å². The molecule has 0 bridgehead atoms. The average Bonchev–Trinajstić information content (AvgIpc) is 3.37. The van der Waals surface area contributed by atoms with Gasteiger partial charge in [0.15, 0.2) is 4.87 Å². The maximum atomic E-state index is 14.9. The first-order valence-electron chi connectivity index (χ1n) is 10.5. The molecule has 1 aliphatic rings. The van der Waals surface area contributed by atoms with Crippen molar-refractivity contribution in [2.45, 2.75) is 59.5 Å². The zero-order valence-electron chi connectivity index (χ0n) is 18.3. The molecule has 3 aromatic rings. The molecular formula is C22H20F4N4O2S3. The third kappa shape index (κ3) is 4.64. The van der Waals surface area contributed by atoms with Gasteiger partial charge in [0.05, 0.1) is 27.9 Å². The number of nitrogens with zero attached hydrogens (tertiary/aromatic N) is 3. The summed E-state index contributed by atoms with van der Waals surface area (Å²) in [6.45, 7) is 0.582. The summed E-state index contributed by atoms with van der Waals surface area (Å²) < 4.78 is 82.7. The van der Waals surface area contributed by atoms with Crippen LogP contribution in [0.5, 0.6) is 0 Å². The van der Waals surface area contributed by atoms with Crippen molar-refractivity contribution in [2.75, 3.05) is 0 Å². The fourth-order valence-corrected chi connectivity index (χ4v) is 6.13. The highest BCUT2D eigenvalue weighted by atomic mass is 32.2. The van der Waals surface area contributed by atoms with Gasteiger partial charge in [0, 0.05) is 17.1 Å². The van der Waals surface area contributed by atoms with Crippen molar-refractivity contribution in [3.8, 4) is 17.5 Å². The van der Waals surface area contributed by atoms with Gasteiger partial charge in [-0.25, -0.2) is 12.8 Å². The molecular weight excluding hydrogens is 524 g/mol. The molecule has 0 aliphatic heterocycles. The molecule has 0 saturated heterocycles. The number of fused-ring (bicyclic) bond motifs is 1. The second-order valence-electron chi connectivity index (χ2n) is 8.52. The largest absolute Gasteiger partial charge is 0.416 e. The molecule has 2 aromatic heterocycles. The van der Waals surface area contributed by atoms with Gasteiger partial charge in [-0.05, 0) is 44.0 Å². The summed E-state index contributed by atoms with van der Waals surface area (Å²) in [5, 5.41) is 10.0. The molecule has 2 heterocycles. The minimum absolute atomic E-state index is 0.0346. The Kier molecular flexibility index (Phi) is 6.63. The van der Waals surface area contributed by atoms with Gasteiger partial charge in [0.25, 0.3) is 0 Å². The highest BCUT2D eigenvalue weighted by Crippen LogP contribution is 2.42. The maximum Gasteiger partial charge on any atom is 0.416 e. The van der Waals surface area contributed by atoms with Crippen molar-refractivity contribution >= 4 is 46.2 Å². The Balaban J connectivity index is 1.86. The first-order chi connectivity index (χ1) is 16.3. The number of rotatable bonds is 5. The predicted molar refractivity (Wildman–Crippen MR) is 128 cm³/mol. The van der Waals surface area contributed by atoms with Crippen LogP contribution in [0.25, 0.3) is 22.3 Å². The first kappa shape index (κ1) is 25.8. The summed E-state index contributed by atoms with van der Waals surface area (Å²) in [5.74, 6) is -0.620. The maximum absolute atomic E-state index is 14.9. The Bertz CT molecular complexity index is 1440. The number of alkyl halides is 3. The van der Waals surface area contributed by atoms with Crippen LogP contribution in [0.2, 0.25) is 0 Å². The lowest BCUT2D eigenvalue weighted by atomic mass is 10.1. The van der Waals surface area contributed by atoms with Gasteiger partial charge < -0.3 is 4.57 Å². The van der Waals surface area contributed by atoms with Crippen LogP contribution in [-0.2, 0) is 10.0 Å². The summed E-state index contributed by atoms with van der Waals surface area (Å²) in [4.78, 5) is 1.01. The van der Waals surface area contributed by atoms with Crippen LogP contribution in [0, 0.1) is 17.1 Å². The zero-order valence-corrected chi connectivity index (χ0v) is 20.9. The Morgan fingerprint density at radius 1 is 1.23 bits per heavy atom. The minimum Gasteiger partial charge on any atom is -0.335 e. The number of halogens is 4. The highest BCUT2D eigenvalue weighted by Gasteiger charge is 2.51. The Hall–Kier alpha value is -2.27. The summed E-state index contributed by atoms with van der Waals surface area (Å²) >= 11 is 7.67. The third-order valence-corrected chi connectivity index (χ3v) is 8.33. The highest BCUT2D eigenvalue weighted by molar-refractivity contribution is 7.91. The summed E-state index contributed by atoms with van der Waals surface area (Å²) in [7, 11) is -4.63. The lowest BCUT2D eigenvalue weighted by molar-refractivity contribution is -0.157. The standard InChI is InChI=1S/C22H20F4N4O2S3/c1-21(34,22(24,25)26)29-35(31,32)14-6-7-17(28-11-14)20-15(10-27)19-16(23)8-13(33)9-18(19)30(20)12-4-2-3-5-12/h6-9,11-12,29,33-34H,2-5H2,1H3. The van der Waals surface area contributed by atoms with Gasteiger partial charge in [-0.15, -0.1) is 25.3 Å². The molecule has 1 unspecified atom stereocenters. The number of hydrogen-bond donors (Lipinski definition) is 3. The Morgan fingerprint density at radius 2 is 1.89 bits per heavy atom. The van der Waals surface area contributed by atoms with E-state index in [1.807, 2.05) is 10.6 Å². The number of nitriles is 1. The Labute approximate surface area is 210 Å². The minimum atomic E-state index is -4.95. The third-order valence-electron chi connectivity index (χ3n) is 6.02.